The summed E-state index contributed by atoms with van der Waals surface area (Å²) >= 11 is 0. The highest BCUT2D eigenvalue weighted by atomic mass is 16.6. The highest BCUT2D eigenvalue weighted by molar-refractivity contribution is 5.81. The van der Waals surface area contributed by atoms with Crippen molar-refractivity contribution in [2.24, 2.45) is 0 Å². The molecule has 0 radical (unpaired) electrons. The number of hydrogen-bond donors (Lipinski definition) is 0. The van der Waals surface area contributed by atoms with Gasteiger partial charge in [0.05, 0.1) is 0 Å². The fourth-order valence-corrected chi connectivity index (χ4v) is 2.39. The van der Waals surface area contributed by atoms with Crippen LogP contribution in [0.1, 0.15) is 30.6 Å². The molecule has 1 unspecified atom stereocenters. The van der Waals surface area contributed by atoms with Gasteiger partial charge in [0, 0.05) is 13.5 Å². The summed E-state index contributed by atoms with van der Waals surface area (Å²) in [6, 6.07) is 19.0. The lowest BCUT2D eigenvalue weighted by atomic mass is 9.95. The Bertz CT molecular complexity index is 636. The van der Waals surface area contributed by atoms with E-state index in [1.807, 2.05) is 60.7 Å². The molecular weight excluding hydrogens is 288 g/mol. The minimum atomic E-state index is -1.14. The van der Waals surface area contributed by atoms with Gasteiger partial charge in [-0.2, -0.15) is 0 Å². The molecule has 0 amide bonds. The van der Waals surface area contributed by atoms with Crippen LogP contribution >= 0.6 is 0 Å². The van der Waals surface area contributed by atoms with Gasteiger partial charge >= 0.3 is 5.97 Å². The smallest absolute Gasteiger partial charge is 0.343 e. The molecular formula is C20H22O3. The summed E-state index contributed by atoms with van der Waals surface area (Å²) in [7, 11) is 1.51. The Morgan fingerprint density at radius 2 is 1.70 bits per heavy atom. The van der Waals surface area contributed by atoms with Crippen LogP contribution in [0.2, 0.25) is 0 Å². The van der Waals surface area contributed by atoms with Crippen LogP contribution in [0.15, 0.2) is 73.3 Å². The molecule has 0 aliphatic carbocycles. The number of carbonyl (C=O) groups is 1. The van der Waals surface area contributed by atoms with Crippen molar-refractivity contribution >= 4 is 5.97 Å². The monoisotopic (exact) mass is 310 g/mol. The lowest BCUT2D eigenvalue weighted by molar-refractivity contribution is -0.174. The second-order valence-electron chi connectivity index (χ2n) is 5.43. The average Bonchev–Trinajstić information content (AvgIpc) is 2.62. The Labute approximate surface area is 137 Å². The number of methoxy groups -OCH3 is 1. The summed E-state index contributed by atoms with van der Waals surface area (Å²) in [5.74, 6) is -0.415. The highest BCUT2D eigenvalue weighted by Gasteiger charge is 2.38. The highest BCUT2D eigenvalue weighted by Crippen LogP contribution is 2.30. The van der Waals surface area contributed by atoms with Crippen molar-refractivity contribution in [3.8, 4) is 0 Å². The number of esters is 1. The largest absolute Gasteiger partial charge is 0.455 e. The average molecular weight is 310 g/mol. The minimum Gasteiger partial charge on any atom is -0.455 e. The molecule has 2 atom stereocenters. The number of ether oxygens (including phenoxy) is 2. The van der Waals surface area contributed by atoms with Gasteiger partial charge in [-0.15, -0.1) is 6.58 Å². The molecule has 0 saturated carbocycles. The van der Waals surface area contributed by atoms with Crippen LogP contribution in [0.25, 0.3) is 0 Å². The van der Waals surface area contributed by atoms with E-state index in [-0.39, 0.29) is 6.10 Å². The van der Waals surface area contributed by atoms with Gasteiger partial charge in [0.2, 0.25) is 0 Å². The molecule has 2 rings (SSSR count). The standard InChI is InChI=1S/C20H22O3/c1-4-11-18(16-12-7-5-8-13-16)23-19(21)20(2,22-3)17-14-9-6-10-15-17/h4-10,12-15,18H,1,11H2,2-3H3/t18?,20-/m0/s1. The molecule has 2 aromatic rings. The zero-order chi connectivity index (χ0) is 16.7. The summed E-state index contributed by atoms with van der Waals surface area (Å²) in [5.41, 5.74) is 0.556. The molecule has 0 aliphatic rings. The van der Waals surface area contributed by atoms with Crippen LogP contribution in [0.4, 0.5) is 0 Å². The van der Waals surface area contributed by atoms with Crippen LogP contribution in [0, 0.1) is 0 Å². The quantitative estimate of drug-likeness (QED) is 0.561. The predicted molar refractivity (Wildman–Crippen MR) is 90.9 cm³/mol. The molecule has 0 saturated heterocycles. The third kappa shape index (κ3) is 3.88. The minimum absolute atomic E-state index is 0.376. The molecule has 0 aromatic heterocycles. The van der Waals surface area contributed by atoms with Crippen molar-refractivity contribution in [2.75, 3.05) is 7.11 Å². The number of rotatable bonds is 7. The van der Waals surface area contributed by atoms with E-state index in [0.717, 1.165) is 11.1 Å². The Hall–Kier alpha value is -2.39. The zero-order valence-electron chi connectivity index (χ0n) is 13.6. The fourth-order valence-electron chi connectivity index (χ4n) is 2.39. The van der Waals surface area contributed by atoms with Crippen molar-refractivity contribution in [1.29, 1.82) is 0 Å². The normalized spacial score (nSPS) is 14.5. The van der Waals surface area contributed by atoms with E-state index in [2.05, 4.69) is 6.58 Å². The van der Waals surface area contributed by atoms with Gasteiger partial charge in [-0.25, -0.2) is 4.79 Å². The van der Waals surface area contributed by atoms with E-state index in [9.17, 15) is 4.79 Å². The first kappa shape index (κ1) is 17.0. The van der Waals surface area contributed by atoms with Gasteiger partial charge in [-0.3, -0.25) is 0 Å². The van der Waals surface area contributed by atoms with Crippen molar-refractivity contribution in [1.82, 2.24) is 0 Å². The molecule has 0 bridgehead atoms. The number of benzene rings is 2. The third-order valence-corrected chi connectivity index (χ3v) is 3.92. The maximum atomic E-state index is 12.8. The molecule has 3 heteroatoms. The topological polar surface area (TPSA) is 35.5 Å². The molecule has 3 nitrogen and oxygen atoms in total. The van der Waals surface area contributed by atoms with Crippen LogP contribution in [-0.4, -0.2) is 13.1 Å². The number of carbonyl (C=O) groups excluding carboxylic acids is 1. The summed E-state index contributed by atoms with van der Waals surface area (Å²) in [5, 5.41) is 0. The molecule has 0 aliphatic heterocycles. The SMILES string of the molecule is C=CCC(OC(=O)[C@@](C)(OC)c1ccccc1)c1ccccc1. The first-order chi connectivity index (χ1) is 11.1. The molecule has 120 valence electrons. The lowest BCUT2D eigenvalue weighted by Crippen LogP contribution is -2.37. The zero-order valence-corrected chi connectivity index (χ0v) is 13.6. The van der Waals surface area contributed by atoms with Crippen LogP contribution in [0.5, 0.6) is 0 Å². The van der Waals surface area contributed by atoms with Crippen LogP contribution in [-0.2, 0) is 19.9 Å². The van der Waals surface area contributed by atoms with Gasteiger partial charge in [0.25, 0.3) is 0 Å². The van der Waals surface area contributed by atoms with Crippen molar-refractivity contribution < 1.29 is 14.3 Å². The van der Waals surface area contributed by atoms with Gasteiger partial charge in [0.1, 0.15) is 6.10 Å². The van der Waals surface area contributed by atoms with Crippen LogP contribution in [0.3, 0.4) is 0 Å². The molecule has 23 heavy (non-hydrogen) atoms. The Morgan fingerprint density at radius 1 is 1.13 bits per heavy atom. The van der Waals surface area contributed by atoms with E-state index >= 15 is 0 Å². The van der Waals surface area contributed by atoms with Crippen LogP contribution < -0.4 is 0 Å². The third-order valence-electron chi connectivity index (χ3n) is 3.92. The Kier molecular flexibility index (Phi) is 5.72. The van der Waals surface area contributed by atoms with Gasteiger partial charge in [-0.1, -0.05) is 66.7 Å². The van der Waals surface area contributed by atoms with Crippen molar-refractivity contribution in [3.05, 3.63) is 84.4 Å². The summed E-state index contributed by atoms with van der Waals surface area (Å²) in [6.07, 6.45) is 1.92. The second-order valence-corrected chi connectivity index (χ2v) is 5.43. The van der Waals surface area contributed by atoms with E-state index in [1.54, 1.807) is 13.0 Å². The lowest BCUT2D eigenvalue weighted by Gasteiger charge is -2.29. The van der Waals surface area contributed by atoms with E-state index in [1.165, 1.54) is 7.11 Å². The van der Waals surface area contributed by atoms with Gasteiger partial charge in [-0.05, 0) is 18.1 Å². The van der Waals surface area contributed by atoms with Gasteiger partial charge < -0.3 is 9.47 Å². The first-order valence-electron chi connectivity index (χ1n) is 7.59. The Morgan fingerprint density at radius 3 is 2.22 bits per heavy atom. The molecule has 0 fully saturated rings. The second kappa shape index (κ2) is 7.75. The molecule has 2 aromatic carbocycles. The van der Waals surface area contributed by atoms with Crippen molar-refractivity contribution in [3.63, 3.8) is 0 Å². The summed E-state index contributed by atoms with van der Waals surface area (Å²) in [4.78, 5) is 12.8. The predicted octanol–water partition coefficient (Wildman–Crippen LogP) is 4.41. The maximum Gasteiger partial charge on any atom is 0.343 e. The van der Waals surface area contributed by atoms with E-state index < -0.39 is 11.6 Å². The summed E-state index contributed by atoms with van der Waals surface area (Å²) in [6.45, 7) is 5.47. The number of hydrogen-bond acceptors (Lipinski definition) is 3. The molecule has 0 heterocycles. The Balaban J connectivity index is 2.25. The molecule has 0 spiro atoms. The van der Waals surface area contributed by atoms with E-state index in [4.69, 9.17) is 9.47 Å². The molecule has 0 N–H and O–H groups in total. The fraction of sp³-hybridized carbons (Fsp3) is 0.250. The van der Waals surface area contributed by atoms with Crippen molar-refractivity contribution in [2.45, 2.75) is 25.0 Å². The van der Waals surface area contributed by atoms with Gasteiger partial charge in [0.15, 0.2) is 5.60 Å². The first-order valence-corrected chi connectivity index (χ1v) is 7.59. The van der Waals surface area contributed by atoms with E-state index in [0.29, 0.717) is 6.42 Å². The summed E-state index contributed by atoms with van der Waals surface area (Å²) < 4.78 is 11.3. The maximum absolute atomic E-state index is 12.8.